The number of nitrogens with zero attached hydrogens (tertiary/aromatic N) is 5. The second kappa shape index (κ2) is 77.5. The lowest BCUT2D eigenvalue weighted by Crippen LogP contribution is -2.47. The van der Waals surface area contributed by atoms with E-state index in [9.17, 15) is 140 Å². The number of phosphoric acid groups is 1. The summed E-state index contributed by atoms with van der Waals surface area (Å²) in [5, 5.41) is 48.9. The largest absolute Gasteiger partial charge is 0.480 e. The number of nitrogens with one attached hydrogen (secondary N) is 5. The molecule has 1 aliphatic heterocycles. The summed E-state index contributed by atoms with van der Waals surface area (Å²) in [7, 11) is -4.76. The molecule has 0 radical (unpaired) electrons. The van der Waals surface area contributed by atoms with Crippen molar-refractivity contribution in [1.82, 2.24) is 51.1 Å². The Hall–Kier alpha value is -11.5. The summed E-state index contributed by atoms with van der Waals surface area (Å²) in [5.41, 5.74) is 0. The van der Waals surface area contributed by atoms with Gasteiger partial charge in [-0.2, -0.15) is 0 Å². The van der Waals surface area contributed by atoms with Gasteiger partial charge in [-0.3, -0.25) is 124 Å². The molecule has 0 aromatic rings. The molecule has 1 rings (SSSR count). The molecular formula is C94H147N10O33P. The van der Waals surface area contributed by atoms with Gasteiger partial charge in [-0.15, -0.1) is 0 Å². The summed E-state index contributed by atoms with van der Waals surface area (Å²) >= 11 is 0. The quantitative estimate of drug-likeness (QED) is 0.00977. The fourth-order valence-corrected chi connectivity index (χ4v) is 14.4. The molecule has 0 aliphatic carbocycles. The third kappa shape index (κ3) is 69.4. The second-order valence-corrected chi connectivity index (χ2v) is 35.1. The predicted molar refractivity (Wildman–Crippen MR) is 498 cm³/mol. The van der Waals surface area contributed by atoms with Gasteiger partial charge >= 0.3 is 43.6 Å². The fourth-order valence-electron chi connectivity index (χ4n) is 13.6. The zero-order valence-electron chi connectivity index (χ0n) is 80.2. The van der Waals surface area contributed by atoms with Crippen LogP contribution in [0.3, 0.4) is 0 Å². The molecule has 43 nitrogen and oxygen atoms in total. The summed E-state index contributed by atoms with van der Waals surface area (Å²) in [6.45, 7) is -7.90. The van der Waals surface area contributed by atoms with Crippen molar-refractivity contribution in [3.8, 4) is 0 Å². The maximum atomic E-state index is 13.1. The molecule has 0 spiro atoms. The molecule has 0 aromatic heterocycles. The number of carboxylic acids is 4. The van der Waals surface area contributed by atoms with Gasteiger partial charge in [-0.25, -0.2) is 4.57 Å². The molecule has 44 heteroatoms. The maximum Gasteiger partial charge on any atom is 0.472 e. The van der Waals surface area contributed by atoms with Crippen LogP contribution >= 0.6 is 7.82 Å². The first-order valence-corrected chi connectivity index (χ1v) is 49.5. The normalized spacial score (nSPS) is 12.3. The van der Waals surface area contributed by atoms with Gasteiger partial charge in [0.05, 0.1) is 52.5 Å². The molecule has 2 unspecified atom stereocenters. The van der Waals surface area contributed by atoms with Crippen molar-refractivity contribution in [1.29, 1.82) is 0 Å². The number of carbonyl (C=O) groups excluding carboxylic acids is 19. The van der Waals surface area contributed by atoms with Crippen LogP contribution in [0.4, 0.5) is 0 Å². The molecule has 11 amide bonds. The topological polar surface area (TPSA) is 624 Å². The van der Waals surface area contributed by atoms with E-state index in [2.05, 4.69) is 64.7 Å². The number of unbranched alkanes of at least 4 members (excludes halogenated alkanes) is 23. The highest BCUT2D eigenvalue weighted by Gasteiger charge is 2.31. The second-order valence-electron chi connectivity index (χ2n) is 33.6. The fraction of sp³-hybridized carbons (Fsp3) is 0.691. The van der Waals surface area contributed by atoms with E-state index in [1.54, 1.807) is 0 Å². The van der Waals surface area contributed by atoms with Crippen LogP contribution in [0, 0.1) is 0 Å². The molecule has 776 valence electrons. The number of imide groups is 1. The van der Waals surface area contributed by atoms with E-state index in [4.69, 9.17) is 18.5 Å². The average molecular weight is 1980 g/mol. The zero-order chi connectivity index (χ0) is 103. The molecule has 0 saturated heterocycles. The Balaban J connectivity index is 2.55. The number of rotatable bonds is 89. The molecule has 138 heavy (non-hydrogen) atoms. The van der Waals surface area contributed by atoms with Crippen LogP contribution in [0.1, 0.15) is 303 Å². The van der Waals surface area contributed by atoms with E-state index in [0.717, 1.165) is 94.1 Å². The number of amides is 11. The van der Waals surface area contributed by atoms with Crippen molar-refractivity contribution in [2.75, 3.05) is 111 Å². The zero-order valence-corrected chi connectivity index (χ0v) is 81.1. The summed E-state index contributed by atoms with van der Waals surface area (Å²) in [4.78, 5) is 300. The number of carboxylic acid groups (broad SMARTS) is 4. The minimum absolute atomic E-state index is 0.0215. The molecular weight excluding hydrogens is 1830 g/mol. The molecule has 0 fully saturated rings. The number of aliphatic carboxylic acids is 4. The number of ketones is 6. The first kappa shape index (κ1) is 125. The van der Waals surface area contributed by atoms with Crippen molar-refractivity contribution < 1.29 is 159 Å². The van der Waals surface area contributed by atoms with Crippen molar-refractivity contribution in [2.24, 2.45) is 0 Å². The number of hydrogen-bond donors (Lipinski definition) is 10. The van der Waals surface area contributed by atoms with Crippen LogP contribution in [0.15, 0.2) is 36.5 Å². The number of hydrogen-bond acceptors (Lipinski definition) is 28. The van der Waals surface area contributed by atoms with Gasteiger partial charge in [0.2, 0.25) is 53.2 Å². The van der Waals surface area contributed by atoms with Crippen molar-refractivity contribution >= 4 is 143 Å². The lowest BCUT2D eigenvalue weighted by molar-refractivity contribution is -0.161. The standard InChI is InChI=1S/C94H147N10O33P/c1-3-5-7-9-11-13-15-17-19-21-23-25-27-29-31-41-93(130)134-69-77(137-94(131)42-32-30-28-26-24-22-20-18-16-14-12-10-8-6-4-2)70-136-138(132,133)135-56-36-39-71(105)37-33-34-40-78(111)96-57-73(107)46-50-84(117)102(67-91(126)127)64-82(115)97-58-74(108)45-49-83(116)100(65-89(122)123)61-75(109)38-35-54-95-81(114)63-103(68-92(128)129)88(121)60-99-80(113)48-44-76(110)62-101(66-90(124)125)87(120)59-98-79(112)47-43-72(106)53-55-104-85(118)51-52-86(104)119/h17-20,51-52,77H,3-16,21-50,53-70H2,1-2H3,(H,95,114)(H,96,111)(H,97,115)(H,98,112)(H,99,113)(H,122,123)(H,124,125)(H,126,127)(H,128,129)(H,132,133)/b19-17-,20-18-. The van der Waals surface area contributed by atoms with E-state index in [1.165, 1.54) is 77.0 Å². The Kier molecular flexibility index (Phi) is 69.9. The van der Waals surface area contributed by atoms with Crippen molar-refractivity contribution in [2.45, 2.75) is 309 Å². The summed E-state index contributed by atoms with van der Waals surface area (Å²) < 4.78 is 34.3. The van der Waals surface area contributed by atoms with Gasteiger partial charge in [0.15, 0.2) is 29.2 Å². The predicted octanol–water partition coefficient (Wildman–Crippen LogP) is 6.86. The highest BCUT2D eigenvalue weighted by atomic mass is 31.2. The van der Waals surface area contributed by atoms with Gasteiger partial charge < -0.3 is 81.0 Å². The third-order valence-corrected chi connectivity index (χ3v) is 22.3. The molecule has 1 heterocycles. The highest BCUT2D eigenvalue weighted by molar-refractivity contribution is 7.47. The van der Waals surface area contributed by atoms with Gasteiger partial charge in [-0.05, 0) is 89.9 Å². The minimum Gasteiger partial charge on any atom is -0.480 e. The van der Waals surface area contributed by atoms with Gasteiger partial charge in [0.25, 0.3) is 11.8 Å². The number of esters is 2. The van der Waals surface area contributed by atoms with Gasteiger partial charge in [0.1, 0.15) is 57.4 Å². The van der Waals surface area contributed by atoms with Crippen LogP contribution in [0.2, 0.25) is 0 Å². The molecule has 2 atom stereocenters. The van der Waals surface area contributed by atoms with Gasteiger partial charge in [-0.1, -0.05) is 141 Å². The maximum absolute atomic E-state index is 13.1. The SMILES string of the molecule is CCCCCCCC/C=C\CCCCCCCC(=O)OCC(COP(=O)(O)OCCCC(=O)CCCCC(=O)NCC(=O)CCC(=O)N(CC(=O)O)CC(=O)NCC(=O)CCC(=O)N(CC(=O)O)CC(=O)CCCNC(=O)CN(CC(=O)O)C(=O)CNC(=O)CCC(=O)CN(CC(=O)O)C(=O)CNC(=O)CCC(=O)CCN1C(=O)C=CC1=O)OC(=O)CCCCCCC/C=C\CCCCCCCC. The van der Waals surface area contributed by atoms with E-state index in [1.807, 2.05) is 0 Å². The van der Waals surface area contributed by atoms with E-state index in [0.29, 0.717) is 32.4 Å². The van der Waals surface area contributed by atoms with Crippen LogP contribution in [0.25, 0.3) is 0 Å². The molecule has 0 saturated carbocycles. The van der Waals surface area contributed by atoms with Crippen LogP contribution in [-0.4, -0.2) is 303 Å². The number of ether oxygens (including phenoxy) is 2. The first-order valence-electron chi connectivity index (χ1n) is 48.0. The smallest absolute Gasteiger partial charge is 0.472 e. The average Bonchev–Trinajstić information content (AvgIpc) is 1.73. The Morgan fingerprint density at radius 3 is 1.15 bits per heavy atom. The van der Waals surface area contributed by atoms with E-state index < -0.39 is 280 Å². The van der Waals surface area contributed by atoms with Crippen LogP contribution < -0.4 is 26.6 Å². The number of phosphoric ester groups is 1. The van der Waals surface area contributed by atoms with E-state index >= 15 is 0 Å². The number of carbonyl (C=O) groups is 23. The summed E-state index contributed by atoms with van der Waals surface area (Å²) in [5.74, 6) is -20.6. The molecule has 10 N–H and O–H groups in total. The lowest BCUT2D eigenvalue weighted by atomic mass is 10.1. The van der Waals surface area contributed by atoms with Gasteiger partial charge in [0, 0.05) is 122 Å². The Labute approximate surface area is 806 Å². The van der Waals surface area contributed by atoms with Crippen LogP contribution in [0.5, 0.6) is 0 Å². The monoisotopic (exact) mass is 1970 g/mol. The number of Topliss-reactive ketones (excluding diaryl/α,β-unsaturated/α-hetero) is 6. The molecule has 0 aromatic carbocycles. The lowest BCUT2D eigenvalue weighted by Gasteiger charge is -2.21. The van der Waals surface area contributed by atoms with Crippen LogP contribution in [-0.2, 0) is 133 Å². The highest BCUT2D eigenvalue weighted by Crippen LogP contribution is 2.43. The molecule has 1 aliphatic rings. The third-order valence-electron chi connectivity index (χ3n) is 21.3. The summed E-state index contributed by atoms with van der Waals surface area (Å²) in [6, 6.07) is 0. The van der Waals surface area contributed by atoms with Crippen molar-refractivity contribution in [3.05, 3.63) is 36.5 Å². The summed E-state index contributed by atoms with van der Waals surface area (Å²) in [6.07, 6.45) is 33.7. The van der Waals surface area contributed by atoms with E-state index in [-0.39, 0.29) is 103 Å². The Morgan fingerprint density at radius 2 is 0.681 bits per heavy atom. The molecule has 0 bridgehead atoms. The first-order chi connectivity index (χ1) is 65.8. The Morgan fingerprint density at radius 1 is 0.333 bits per heavy atom. The Bertz CT molecular complexity index is 4060. The number of allylic oxidation sites excluding steroid dienone is 4. The van der Waals surface area contributed by atoms with Crippen molar-refractivity contribution in [3.63, 3.8) is 0 Å². The minimum atomic E-state index is -4.76.